The molecule has 0 saturated heterocycles. The average molecular weight is 185 g/mol. The van der Waals surface area contributed by atoms with E-state index >= 15 is 0 Å². The summed E-state index contributed by atoms with van der Waals surface area (Å²) in [5.41, 5.74) is 1.79. The highest BCUT2D eigenvalue weighted by Crippen LogP contribution is 2.17. The highest BCUT2D eigenvalue weighted by atomic mass is 16.5. The lowest BCUT2D eigenvalue weighted by molar-refractivity contribution is 0.399. The fourth-order valence-electron chi connectivity index (χ4n) is 1.21. The van der Waals surface area contributed by atoms with Crippen molar-refractivity contribution in [2.45, 2.75) is 0 Å². The van der Waals surface area contributed by atoms with Crippen LogP contribution in [0.4, 0.5) is 0 Å². The number of nitrogens with zero attached hydrogens (tertiary/aromatic N) is 3. The predicted octanol–water partition coefficient (Wildman–Crippen LogP) is 1.51. The number of fused-ring (bicyclic) bond motifs is 1. The van der Waals surface area contributed by atoms with Gasteiger partial charge in [0.2, 0.25) is 5.88 Å². The van der Waals surface area contributed by atoms with Crippen molar-refractivity contribution >= 4 is 11.0 Å². The Kier molecular flexibility index (Phi) is 1.99. The zero-order chi connectivity index (χ0) is 9.97. The van der Waals surface area contributed by atoms with Crippen molar-refractivity contribution in [3.63, 3.8) is 0 Å². The molecule has 2 rings (SSSR count). The molecule has 0 saturated carbocycles. The van der Waals surface area contributed by atoms with Gasteiger partial charge >= 0.3 is 0 Å². The van der Waals surface area contributed by atoms with Crippen molar-refractivity contribution in [3.05, 3.63) is 30.0 Å². The maximum absolute atomic E-state index is 8.84. The van der Waals surface area contributed by atoms with Gasteiger partial charge in [-0.3, -0.25) is 4.98 Å². The molecular formula is C10H7N3O. The van der Waals surface area contributed by atoms with Crippen LogP contribution in [0.15, 0.2) is 24.4 Å². The Morgan fingerprint density at radius 2 is 2.21 bits per heavy atom. The Morgan fingerprint density at radius 1 is 1.36 bits per heavy atom. The third kappa shape index (κ3) is 1.25. The molecule has 0 amide bonds. The van der Waals surface area contributed by atoms with E-state index in [1.54, 1.807) is 24.4 Å². The van der Waals surface area contributed by atoms with Gasteiger partial charge in [0.15, 0.2) is 0 Å². The summed E-state index contributed by atoms with van der Waals surface area (Å²) in [5.74, 6) is 0.488. The van der Waals surface area contributed by atoms with Crippen molar-refractivity contribution in [1.29, 1.82) is 5.26 Å². The molecule has 0 N–H and O–H groups in total. The van der Waals surface area contributed by atoms with Crippen LogP contribution in [0.25, 0.3) is 11.0 Å². The summed E-state index contributed by atoms with van der Waals surface area (Å²) >= 11 is 0. The maximum atomic E-state index is 8.84. The smallest absolute Gasteiger partial charge is 0.213 e. The van der Waals surface area contributed by atoms with Gasteiger partial charge in [0.1, 0.15) is 11.6 Å². The average Bonchev–Trinajstić information content (AvgIpc) is 2.27. The number of hydrogen-bond donors (Lipinski definition) is 0. The predicted molar refractivity (Wildman–Crippen MR) is 50.8 cm³/mol. The van der Waals surface area contributed by atoms with Crippen molar-refractivity contribution in [3.8, 4) is 11.9 Å². The summed E-state index contributed by atoms with van der Waals surface area (Å²) in [4.78, 5) is 8.25. The number of nitriles is 1. The molecule has 0 aliphatic carbocycles. The van der Waals surface area contributed by atoms with Gasteiger partial charge in [-0.15, -0.1) is 0 Å². The van der Waals surface area contributed by atoms with Gasteiger partial charge in [0, 0.05) is 12.3 Å². The molecule has 2 heterocycles. The van der Waals surface area contributed by atoms with E-state index in [1.807, 2.05) is 0 Å². The SMILES string of the molecule is COc1ccc2nccc(C#N)c2n1. The number of rotatable bonds is 1. The monoisotopic (exact) mass is 185 g/mol. The lowest BCUT2D eigenvalue weighted by Gasteiger charge is -2.01. The minimum absolute atomic E-state index is 0.488. The molecule has 0 fully saturated rings. The second-order valence-corrected chi connectivity index (χ2v) is 2.69. The molecule has 0 radical (unpaired) electrons. The fourth-order valence-corrected chi connectivity index (χ4v) is 1.21. The Morgan fingerprint density at radius 3 is 2.93 bits per heavy atom. The van der Waals surface area contributed by atoms with E-state index in [1.165, 1.54) is 7.11 Å². The summed E-state index contributed by atoms with van der Waals surface area (Å²) in [6.07, 6.45) is 1.59. The van der Waals surface area contributed by atoms with Gasteiger partial charge < -0.3 is 4.74 Å². The molecular weight excluding hydrogens is 178 g/mol. The molecule has 2 aromatic heterocycles. The summed E-state index contributed by atoms with van der Waals surface area (Å²) in [5, 5.41) is 8.84. The van der Waals surface area contributed by atoms with Gasteiger partial charge in [-0.05, 0) is 12.1 Å². The first kappa shape index (κ1) is 8.45. The van der Waals surface area contributed by atoms with Crippen LogP contribution in [-0.4, -0.2) is 17.1 Å². The van der Waals surface area contributed by atoms with Crippen LogP contribution in [0.5, 0.6) is 5.88 Å². The van der Waals surface area contributed by atoms with Crippen molar-refractivity contribution in [2.75, 3.05) is 7.11 Å². The van der Waals surface area contributed by atoms with Crippen LogP contribution in [0.2, 0.25) is 0 Å². The zero-order valence-corrected chi connectivity index (χ0v) is 7.56. The van der Waals surface area contributed by atoms with Crippen LogP contribution in [0, 0.1) is 11.3 Å². The molecule has 0 aliphatic rings. The van der Waals surface area contributed by atoms with Crippen LogP contribution in [-0.2, 0) is 0 Å². The van der Waals surface area contributed by atoms with E-state index in [9.17, 15) is 0 Å². The van der Waals surface area contributed by atoms with Gasteiger partial charge in [0.05, 0.1) is 18.2 Å². The van der Waals surface area contributed by atoms with Gasteiger partial charge in [0.25, 0.3) is 0 Å². The quantitative estimate of drug-likeness (QED) is 0.675. The Hall–Kier alpha value is -2.15. The first-order valence-corrected chi connectivity index (χ1v) is 4.05. The van der Waals surface area contributed by atoms with Crippen molar-refractivity contribution in [1.82, 2.24) is 9.97 Å². The summed E-state index contributed by atoms with van der Waals surface area (Å²) in [6, 6.07) is 7.20. The first-order valence-electron chi connectivity index (χ1n) is 4.05. The molecule has 0 aliphatic heterocycles. The van der Waals surface area contributed by atoms with Crippen LogP contribution in [0.3, 0.4) is 0 Å². The minimum Gasteiger partial charge on any atom is -0.481 e. The largest absolute Gasteiger partial charge is 0.481 e. The van der Waals surface area contributed by atoms with E-state index < -0.39 is 0 Å². The maximum Gasteiger partial charge on any atom is 0.213 e. The molecule has 14 heavy (non-hydrogen) atoms. The number of ether oxygens (including phenoxy) is 1. The molecule has 4 nitrogen and oxygen atoms in total. The molecule has 0 spiro atoms. The van der Waals surface area contributed by atoms with Crippen molar-refractivity contribution < 1.29 is 4.74 Å². The number of methoxy groups -OCH3 is 1. The molecule has 0 unspecified atom stereocenters. The Labute approximate surface area is 80.8 Å². The van der Waals surface area contributed by atoms with E-state index in [4.69, 9.17) is 10.00 Å². The second-order valence-electron chi connectivity index (χ2n) is 2.69. The molecule has 0 bridgehead atoms. The van der Waals surface area contributed by atoms with Crippen LogP contribution in [0.1, 0.15) is 5.56 Å². The molecule has 0 aromatic carbocycles. The van der Waals surface area contributed by atoms with Gasteiger partial charge in [-0.2, -0.15) is 5.26 Å². The summed E-state index contributed by atoms with van der Waals surface area (Å²) in [6.45, 7) is 0. The van der Waals surface area contributed by atoms with Crippen molar-refractivity contribution in [2.24, 2.45) is 0 Å². The van der Waals surface area contributed by atoms with E-state index in [0.29, 0.717) is 22.5 Å². The minimum atomic E-state index is 0.488. The standard InChI is InChI=1S/C10H7N3O/c1-14-9-3-2-8-10(13-9)7(6-11)4-5-12-8/h2-5H,1H3. The second kappa shape index (κ2) is 3.30. The van der Waals surface area contributed by atoms with Gasteiger partial charge in [-0.25, -0.2) is 4.98 Å². The Bertz CT molecular complexity index is 516. The lowest BCUT2D eigenvalue weighted by Crippen LogP contribution is -1.91. The fraction of sp³-hybridized carbons (Fsp3) is 0.100. The van der Waals surface area contributed by atoms with E-state index in [2.05, 4.69) is 16.0 Å². The Balaban J connectivity index is 2.78. The highest BCUT2D eigenvalue weighted by molar-refractivity contribution is 5.80. The number of aromatic nitrogens is 2. The number of pyridine rings is 2. The normalized spacial score (nSPS) is 9.71. The zero-order valence-electron chi connectivity index (χ0n) is 7.56. The molecule has 0 atom stereocenters. The first-order chi connectivity index (χ1) is 6.85. The number of hydrogen-bond acceptors (Lipinski definition) is 4. The van der Waals surface area contributed by atoms with E-state index in [0.717, 1.165) is 0 Å². The lowest BCUT2D eigenvalue weighted by atomic mass is 10.2. The summed E-state index contributed by atoms with van der Waals surface area (Å²) < 4.78 is 4.97. The third-order valence-corrected chi connectivity index (χ3v) is 1.89. The van der Waals surface area contributed by atoms with E-state index in [-0.39, 0.29) is 0 Å². The van der Waals surface area contributed by atoms with Crippen LogP contribution >= 0.6 is 0 Å². The molecule has 68 valence electrons. The molecule has 2 aromatic rings. The van der Waals surface area contributed by atoms with Crippen LogP contribution < -0.4 is 4.74 Å². The third-order valence-electron chi connectivity index (χ3n) is 1.89. The topological polar surface area (TPSA) is 58.8 Å². The van der Waals surface area contributed by atoms with Gasteiger partial charge in [-0.1, -0.05) is 0 Å². The molecule has 4 heteroatoms. The summed E-state index contributed by atoms with van der Waals surface area (Å²) in [7, 11) is 1.54. The highest BCUT2D eigenvalue weighted by Gasteiger charge is 2.03.